The molecule has 1 aromatic heterocycles. The Morgan fingerprint density at radius 1 is 1.00 bits per heavy atom. The first kappa shape index (κ1) is 18.0. The molecule has 3 aromatic rings. The van der Waals surface area contributed by atoms with Crippen molar-refractivity contribution in [1.29, 1.82) is 0 Å². The van der Waals surface area contributed by atoms with Gasteiger partial charge in [0.1, 0.15) is 5.75 Å². The molecule has 0 saturated heterocycles. The Morgan fingerprint density at radius 2 is 1.77 bits per heavy atom. The number of methoxy groups -OCH3 is 1. The number of thiophene rings is 1. The fourth-order valence-corrected chi connectivity index (χ4v) is 3.01. The van der Waals surface area contributed by atoms with Crippen molar-refractivity contribution < 1.29 is 14.3 Å². The van der Waals surface area contributed by atoms with E-state index in [0.29, 0.717) is 32.6 Å². The van der Waals surface area contributed by atoms with Crippen molar-refractivity contribution >= 4 is 46.1 Å². The Kier molecular flexibility index (Phi) is 5.55. The van der Waals surface area contributed by atoms with Crippen LogP contribution in [0.4, 0.5) is 11.4 Å². The average molecular weight is 387 g/mol. The summed E-state index contributed by atoms with van der Waals surface area (Å²) in [6, 6.07) is 15.2. The summed E-state index contributed by atoms with van der Waals surface area (Å²) in [5.74, 6) is -0.0286. The van der Waals surface area contributed by atoms with E-state index in [9.17, 15) is 9.59 Å². The maximum absolute atomic E-state index is 12.3. The Hall–Kier alpha value is -2.83. The Balaban J connectivity index is 1.74. The molecule has 0 radical (unpaired) electrons. The highest BCUT2D eigenvalue weighted by Gasteiger charge is 2.12. The maximum atomic E-state index is 12.3. The van der Waals surface area contributed by atoms with E-state index in [-0.39, 0.29) is 11.8 Å². The van der Waals surface area contributed by atoms with Crippen molar-refractivity contribution in [2.45, 2.75) is 0 Å². The Morgan fingerprint density at radius 3 is 2.42 bits per heavy atom. The summed E-state index contributed by atoms with van der Waals surface area (Å²) in [6.07, 6.45) is 0. The van der Waals surface area contributed by atoms with Gasteiger partial charge in [-0.2, -0.15) is 0 Å². The number of rotatable bonds is 5. The van der Waals surface area contributed by atoms with Crippen LogP contribution in [0.3, 0.4) is 0 Å². The Bertz CT molecular complexity index is 924. The standard InChI is InChI=1S/C19H15ClN2O3S/c1-25-16-11-14(21-18(23)12-4-6-13(20)7-5-12)8-9-15(16)22-19(24)17-3-2-10-26-17/h2-11H,1H3,(H,21,23)(H,22,24). The minimum Gasteiger partial charge on any atom is -0.494 e. The molecule has 26 heavy (non-hydrogen) atoms. The van der Waals surface area contributed by atoms with Crippen LogP contribution in [-0.2, 0) is 0 Å². The maximum Gasteiger partial charge on any atom is 0.265 e. The van der Waals surface area contributed by atoms with Crippen molar-refractivity contribution in [3.63, 3.8) is 0 Å². The largest absolute Gasteiger partial charge is 0.494 e. The van der Waals surface area contributed by atoms with Gasteiger partial charge in [-0.25, -0.2) is 0 Å². The Labute approximate surface area is 159 Å². The third-order valence-corrected chi connectivity index (χ3v) is 4.68. The van der Waals surface area contributed by atoms with Gasteiger partial charge in [0.05, 0.1) is 17.7 Å². The molecule has 0 aliphatic carbocycles. The lowest BCUT2D eigenvalue weighted by molar-refractivity contribution is 0.102. The lowest BCUT2D eigenvalue weighted by atomic mass is 10.2. The van der Waals surface area contributed by atoms with Crippen LogP contribution in [-0.4, -0.2) is 18.9 Å². The number of benzene rings is 2. The molecular formula is C19H15ClN2O3S. The van der Waals surface area contributed by atoms with Crippen LogP contribution in [0.5, 0.6) is 5.75 Å². The molecule has 0 bridgehead atoms. The van der Waals surface area contributed by atoms with Gasteiger partial charge in [0.25, 0.3) is 11.8 Å². The minimum atomic E-state index is -0.265. The van der Waals surface area contributed by atoms with E-state index in [2.05, 4.69) is 10.6 Å². The van der Waals surface area contributed by atoms with Gasteiger partial charge >= 0.3 is 0 Å². The van der Waals surface area contributed by atoms with Crippen molar-refractivity contribution in [2.24, 2.45) is 0 Å². The summed E-state index contributed by atoms with van der Waals surface area (Å²) in [7, 11) is 1.50. The van der Waals surface area contributed by atoms with E-state index in [1.165, 1.54) is 18.4 Å². The molecule has 7 heteroatoms. The molecule has 3 rings (SSSR count). The molecular weight excluding hydrogens is 372 g/mol. The van der Waals surface area contributed by atoms with E-state index in [0.717, 1.165) is 0 Å². The topological polar surface area (TPSA) is 67.4 Å². The normalized spacial score (nSPS) is 10.2. The van der Waals surface area contributed by atoms with Gasteiger partial charge in [0, 0.05) is 22.3 Å². The van der Waals surface area contributed by atoms with Crippen LogP contribution in [0.15, 0.2) is 60.0 Å². The quantitative estimate of drug-likeness (QED) is 0.654. The molecule has 0 unspecified atom stereocenters. The lowest BCUT2D eigenvalue weighted by Crippen LogP contribution is -2.13. The second-order valence-electron chi connectivity index (χ2n) is 5.31. The van der Waals surface area contributed by atoms with E-state index in [1.807, 2.05) is 11.4 Å². The first-order chi connectivity index (χ1) is 12.6. The van der Waals surface area contributed by atoms with E-state index in [4.69, 9.17) is 16.3 Å². The zero-order chi connectivity index (χ0) is 18.5. The van der Waals surface area contributed by atoms with E-state index < -0.39 is 0 Å². The molecule has 0 aliphatic rings. The number of hydrogen-bond acceptors (Lipinski definition) is 4. The molecule has 0 saturated carbocycles. The predicted octanol–water partition coefficient (Wildman–Crippen LogP) is 4.91. The zero-order valence-corrected chi connectivity index (χ0v) is 15.4. The highest BCUT2D eigenvalue weighted by Crippen LogP contribution is 2.29. The molecule has 0 atom stereocenters. The molecule has 2 N–H and O–H groups in total. The predicted molar refractivity (Wildman–Crippen MR) is 105 cm³/mol. The molecule has 0 spiro atoms. The summed E-state index contributed by atoms with van der Waals surface area (Å²) in [6.45, 7) is 0. The molecule has 132 valence electrons. The molecule has 2 aromatic carbocycles. The van der Waals surface area contributed by atoms with Crippen LogP contribution in [0.2, 0.25) is 5.02 Å². The summed E-state index contributed by atoms with van der Waals surface area (Å²) in [5.41, 5.74) is 1.56. The van der Waals surface area contributed by atoms with Crippen LogP contribution < -0.4 is 15.4 Å². The minimum absolute atomic E-state index is 0.212. The highest BCUT2D eigenvalue weighted by molar-refractivity contribution is 7.12. The number of amides is 2. The summed E-state index contributed by atoms with van der Waals surface area (Å²) >= 11 is 7.18. The SMILES string of the molecule is COc1cc(NC(=O)c2ccc(Cl)cc2)ccc1NC(=O)c1cccs1. The monoisotopic (exact) mass is 386 g/mol. The number of carbonyl (C=O) groups excluding carboxylic acids is 2. The van der Waals surface area contributed by atoms with Crippen LogP contribution in [0.25, 0.3) is 0 Å². The highest BCUT2D eigenvalue weighted by atomic mass is 35.5. The second kappa shape index (κ2) is 8.03. The van der Waals surface area contributed by atoms with Crippen molar-refractivity contribution in [3.05, 3.63) is 75.4 Å². The van der Waals surface area contributed by atoms with E-state index >= 15 is 0 Å². The summed E-state index contributed by atoms with van der Waals surface area (Å²) in [5, 5.41) is 7.99. The second-order valence-corrected chi connectivity index (χ2v) is 6.69. The number of anilines is 2. The van der Waals surface area contributed by atoms with Crippen LogP contribution >= 0.6 is 22.9 Å². The fourth-order valence-electron chi connectivity index (χ4n) is 2.27. The number of halogens is 1. The number of nitrogens with one attached hydrogen (secondary N) is 2. The van der Waals surface area contributed by atoms with Gasteiger partial charge in [-0.05, 0) is 47.8 Å². The molecule has 5 nitrogen and oxygen atoms in total. The van der Waals surface area contributed by atoms with E-state index in [1.54, 1.807) is 48.5 Å². The number of carbonyl (C=O) groups is 2. The van der Waals surface area contributed by atoms with Gasteiger partial charge < -0.3 is 15.4 Å². The van der Waals surface area contributed by atoms with Gasteiger partial charge in [-0.3, -0.25) is 9.59 Å². The molecule has 2 amide bonds. The third kappa shape index (κ3) is 4.22. The first-order valence-electron chi connectivity index (χ1n) is 7.66. The van der Waals surface area contributed by atoms with Gasteiger partial charge in [0.2, 0.25) is 0 Å². The van der Waals surface area contributed by atoms with Crippen molar-refractivity contribution in [1.82, 2.24) is 0 Å². The van der Waals surface area contributed by atoms with Crippen molar-refractivity contribution in [2.75, 3.05) is 17.7 Å². The van der Waals surface area contributed by atoms with Crippen LogP contribution in [0.1, 0.15) is 20.0 Å². The van der Waals surface area contributed by atoms with Gasteiger partial charge in [-0.15, -0.1) is 11.3 Å². The number of hydrogen-bond donors (Lipinski definition) is 2. The molecule has 1 heterocycles. The lowest BCUT2D eigenvalue weighted by Gasteiger charge is -2.12. The number of ether oxygens (including phenoxy) is 1. The summed E-state index contributed by atoms with van der Waals surface area (Å²) in [4.78, 5) is 25.1. The zero-order valence-electron chi connectivity index (χ0n) is 13.8. The third-order valence-electron chi connectivity index (χ3n) is 3.56. The fraction of sp³-hybridized carbons (Fsp3) is 0.0526. The molecule has 0 fully saturated rings. The first-order valence-corrected chi connectivity index (χ1v) is 8.92. The average Bonchev–Trinajstić information content (AvgIpc) is 3.18. The summed E-state index contributed by atoms with van der Waals surface area (Å²) < 4.78 is 5.33. The van der Waals surface area contributed by atoms with Crippen molar-refractivity contribution in [3.8, 4) is 5.75 Å². The smallest absolute Gasteiger partial charge is 0.265 e. The van der Waals surface area contributed by atoms with Gasteiger partial charge in [-0.1, -0.05) is 17.7 Å². The molecule has 0 aliphatic heterocycles. The van der Waals surface area contributed by atoms with Gasteiger partial charge in [0.15, 0.2) is 0 Å². The van der Waals surface area contributed by atoms with Crippen LogP contribution in [0, 0.1) is 0 Å².